The quantitative estimate of drug-likeness (QED) is 0.0525. The van der Waals surface area contributed by atoms with Gasteiger partial charge in [0.1, 0.15) is 0 Å². The number of hydrogen-bond acceptors (Lipinski definition) is 14. The number of rotatable bonds is 19. The van der Waals surface area contributed by atoms with Crippen molar-refractivity contribution in [2.24, 2.45) is 0 Å². The summed E-state index contributed by atoms with van der Waals surface area (Å²) in [7, 11) is 0. The largest absolute Gasteiger partial charge is 0.503 e. The zero-order chi connectivity index (χ0) is 44.0. The van der Waals surface area contributed by atoms with Gasteiger partial charge in [0.25, 0.3) is 0 Å². The highest BCUT2D eigenvalue weighted by Crippen LogP contribution is 2.62. The van der Waals surface area contributed by atoms with E-state index in [1.54, 1.807) is 0 Å². The highest BCUT2D eigenvalue weighted by molar-refractivity contribution is 5.72. The fraction of sp³-hybridized carbons (Fsp3) is 0.471. The molecule has 3 rings (SSSR count). The fourth-order valence-electron chi connectivity index (χ4n) is 8.52. The highest BCUT2D eigenvalue weighted by Gasteiger charge is 2.85. The van der Waals surface area contributed by atoms with E-state index in [9.17, 15) is 74.7 Å². The molecule has 3 aromatic heterocycles. The molecule has 3 unspecified atom stereocenters. The summed E-state index contributed by atoms with van der Waals surface area (Å²) < 4.78 is 2.32. The third kappa shape index (κ3) is 7.00. The summed E-state index contributed by atoms with van der Waals surface area (Å²) in [5, 5.41) is 119. The molecule has 0 aromatic carbocycles. The van der Waals surface area contributed by atoms with E-state index < -0.39 is 155 Å². The first-order valence-electron chi connectivity index (χ1n) is 17.5. The van der Waals surface area contributed by atoms with E-state index in [0.29, 0.717) is 0 Å². The average Bonchev–Trinajstić information content (AvgIpc) is 3.15. The summed E-state index contributed by atoms with van der Waals surface area (Å²) >= 11 is 0. The number of aliphatic hydroxyl groups is 3. The predicted molar refractivity (Wildman–Crippen MR) is 197 cm³/mol. The Kier molecular flexibility index (Phi) is 13.9. The van der Waals surface area contributed by atoms with Crippen LogP contribution in [0.4, 0.5) is 14.4 Å². The number of nitro groups is 1. The van der Waals surface area contributed by atoms with Crippen molar-refractivity contribution >= 4 is 18.3 Å². The van der Waals surface area contributed by atoms with Crippen LogP contribution in [-0.2, 0) is 36.3 Å². The van der Waals surface area contributed by atoms with Gasteiger partial charge in [-0.1, -0.05) is 20.8 Å². The second kappa shape index (κ2) is 17.6. The van der Waals surface area contributed by atoms with Crippen LogP contribution >= 0.6 is 0 Å². The van der Waals surface area contributed by atoms with Gasteiger partial charge in [-0.2, -0.15) is 0 Å². The van der Waals surface area contributed by atoms with Crippen LogP contribution in [0.2, 0.25) is 0 Å². The van der Waals surface area contributed by atoms with Gasteiger partial charge in [-0.3, -0.25) is 24.5 Å². The molecule has 0 spiro atoms. The maximum Gasteiger partial charge on any atom is 0.405 e. The van der Waals surface area contributed by atoms with E-state index in [1.165, 1.54) is 0 Å². The number of pyridine rings is 3. The number of carbonyl (C=O) groups is 3. The van der Waals surface area contributed by atoms with Gasteiger partial charge in [-0.25, -0.2) is 14.4 Å². The van der Waals surface area contributed by atoms with E-state index in [-0.39, 0.29) is 0 Å². The van der Waals surface area contributed by atoms with Crippen LogP contribution < -0.4 is 32.2 Å². The molecule has 3 amide bonds. The Hall–Kier alpha value is -6.66. The van der Waals surface area contributed by atoms with Crippen molar-refractivity contribution in [2.45, 2.75) is 81.8 Å². The molecule has 0 aliphatic carbocycles. The summed E-state index contributed by atoms with van der Waals surface area (Å²) in [6, 6.07) is 2.16. The monoisotopic (exact) mass is 823 g/mol. The molecule has 0 bridgehead atoms. The van der Waals surface area contributed by atoms with Gasteiger partial charge in [-0.15, -0.1) is 0 Å². The Morgan fingerprint density at radius 3 is 1.00 bits per heavy atom. The van der Waals surface area contributed by atoms with Crippen molar-refractivity contribution in [3.05, 3.63) is 94.7 Å². The lowest BCUT2D eigenvalue weighted by molar-refractivity contribution is -0.621. The van der Waals surface area contributed by atoms with Gasteiger partial charge < -0.3 is 75.6 Å². The first-order valence-corrected chi connectivity index (χ1v) is 17.5. The molecule has 24 heteroatoms. The zero-order valence-electron chi connectivity index (χ0n) is 31.4. The van der Waals surface area contributed by atoms with Crippen LogP contribution in [0.15, 0.2) is 51.2 Å². The van der Waals surface area contributed by atoms with Gasteiger partial charge in [0.15, 0.2) is 33.9 Å². The molecule has 24 nitrogen and oxygen atoms in total. The van der Waals surface area contributed by atoms with E-state index in [1.807, 2.05) is 16.0 Å². The summed E-state index contributed by atoms with van der Waals surface area (Å²) in [6.07, 6.45) is -7.36. The van der Waals surface area contributed by atoms with Crippen LogP contribution in [0, 0.1) is 10.1 Å². The molecular weight excluding hydrogens is 778 g/mol. The molecule has 12 N–H and O–H groups in total. The predicted octanol–water partition coefficient (Wildman–Crippen LogP) is -0.700. The number of nitrogens with zero attached hydrogens (tertiary/aromatic N) is 4. The van der Waals surface area contributed by atoms with Gasteiger partial charge in [-0.05, 0) is 19.3 Å². The van der Waals surface area contributed by atoms with E-state index in [4.69, 9.17) is 0 Å². The summed E-state index contributed by atoms with van der Waals surface area (Å²) in [5.74, 6) is -4.39. The average molecular weight is 824 g/mol. The molecule has 0 aliphatic heterocycles. The second-order valence-corrected chi connectivity index (χ2v) is 12.9. The van der Waals surface area contributed by atoms with E-state index in [2.05, 4.69) is 0 Å². The maximum atomic E-state index is 15.2. The number of aromatic hydroxyl groups is 3. The minimum atomic E-state index is -4.14. The lowest BCUT2D eigenvalue weighted by atomic mass is 9.49. The third-order valence-electron chi connectivity index (χ3n) is 10.4. The number of aromatic nitrogens is 3. The fourth-order valence-corrected chi connectivity index (χ4v) is 8.52. The van der Waals surface area contributed by atoms with Crippen LogP contribution in [0.3, 0.4) is 0 Å². The maximum absolute atomic E-state index is 15.2. The third-order valence-corrected chi connectivity index (χ3v) is 10.4. The number of hydrogen-bond donors (Lipinski definition) is 12. The van der Waals surface area contributed by atoms with Crippen LogP contribution in [-0.4, -0.2) is 108 Å². The van der Waals surface area contributed by atoms with Crippen molar-refractivity contribution in [1.29, 1.82) is 0 Å². The smallest absolute Gasteiger partial charge is 0.405 e. The van der Waals surface area contributed by atoms with Crippen molar-refractivity contribution in [1.82, 2.24) is 29.7 Å². The van der Waals surface area contributed by atoms with Crippen LogP contribution in [0.5, 0.6) is 17.2 Å². The van der Waals surface area contributed by atoms with Gasteiger partial charge in [0.2, 0.25) is 16.3 Å². The normalized spacial score (nSPS) is 15.5. The number of aliphatic hydroxyl groups excluding tert-OH is 3. The molecule has 3 atom stereocenters. The minimum Gasteiger partial charge on any atom is -0.503 e. The topological polar surface area (TPSA) is 379 Å². The molecule has 318 valence electrons. The van der Waals surface area contributed by atoms with Crippen molar-refractivity contribution in [3.63, 3.8) is 0 Å². The Morgan fingerprint density at radius 1 is 0.586 bits per heavy atom. The Morgan fingerprint density at radius 2 is 0.828 bits per heavy atom. The van der Waals surface area contributed by atoms with Crippen LogP contribution in [0.1, 0.15) is 57.1 Å². The van der Waals surface area contributed by atoms with E-state index >= 15 is 10.1 Å². The standard InChI is InChI=1S/C34H45N7O17/c1-4-31(35-28(51)52,25-22(48)19(45)7-10-38(25)13-16-42)34(41(57)58,32(5-2,36-29(53)54)26-23(49)20(46)8-11-39(26)14-17-43)33(6-3,37-30(55)56)27-24(50)21(47)9-12-40(27)15-18-44/h7-12,35-37,42-44,48-50H,4-6,13-18H2,1-3H3,(H,51,52)(H,53,54)(H,55,56). The summed E-state index contributed by atoms with van der Waals surface area (Å²) in [5.41, 5.74) is -22.0. The van der Waals surface area contributed by atoms with Gasteiger partial charge >= 0.3 is 23.8 Å². The number of carboxylic acid groups (broad SMARTS) is 3. The SMILES string of the molecule is CCC(NC(=O)O)(c1c(O)c(=O)ccn1CCO)C([N+](=O)[O-])(C(CC)(NC(=O)O)c1c(O)c(=O)ccn1CCO)C(CC)(NC(=O)O)c1c(O)c(=O)ccn1CCO. The summed E-state index contributed by atoms with van der Waals surface area (Å²) in [4.78, 5) is 94.0. The Labute approximate surface area is 326 Å². The van der Waals surface area contributed by atoms with Gasteiger partial charge in [0, 0.05) is 61.3 Å². The van der Waals surface area contributed by atoms with Crippen molar-refractivity contribution in [3.8, 4) is 17.2 Å². The molecule has 0 saturated carbocycles. The molecule has 0 fully saturated rings. The minimum absolute atomic E-state index is 0.700. The molecule has 0 radical (unpaired) electrons. The molecular formula is C34H45N7O17. The first kappa shape index (κ1) is 45.7. The molecule has 3 heterocycles. The number of amides is 3. The number of nitrogens with one attached hydrogen (secondary N) is 3. The van der Waals surface area contributed by atoms with Gasteiger partial charge in [0.05, 0.1) is 36.9 Å². The Balaban J connectivity index is 3.29. The second-order valence-electron chi connectivity index (χ2n) is 12.9. The van der Waals surface area contributed by atoms with Crippen molar-refractivity contribution in [2.75, 3.05) is 19.8 Å². The lowest BCUT2D eigenvalue weighted by Crippen LogP contribution is -2.87. The molecule has 0 saturated heterocycles. The molecule has 3 aromatic rings. The highest BCUT2D eigenvalue weighted by atomic mass is 16.6. The molecule has 0 aliphatic rings. The first-order chi connectivity index (χ1) is 27.3. The summed E-state index contributed by atoms with van der Waals surface area (Å²) in [6.45, 7) is -1.63. The van der Waals surface area contributed by atoms with E-state index in [0.717, 1.165) is 71.3 Å². The van der Waals surface area contributed by atoms with Crippen LogP contribution in [0.25, 0.3) is 0 Å². The Bertz CT molecular complexity index is 2000. The lowest BCUT2D eigenvalue weighted by Gasteiger charge is -2.60. The zero-order valence-corrected chi connectivity index (χ0v) is 31.4. The molecule has 58 heavy (non-hydrogen) atoms. The van der Waals surface area contributed by atoms with Crippen molar-refractivity contribution < 1.29 is 65.3 Å².